The number of rotatable bonds is 4. The van der Waals surface area contributed by atoms with E-state index in [0.717, 1.165) is 19.3 Å². The van der Waals surface area contributed by atoms with Crippen LogP contribution in [-0.4, -0.2) is 33.6 Å². The van der Waals surface area contributed by atoms with Gasteiger partial charge in [-0.15, -0.1) is 0 Å². The fraction of sp³-hybridized carbons (Fsp3) is 0.474. The van der Waals surface area contributed by atoms with Gasteiger partial charge in [0.15, 0.2) is 5.58 Å². The van der Waals surface area contributed by atoms with Crippen molar-refractivity contribution in [2.75, 3.05) is 6.54 Å². The molecule has 3 aromatic rings. The van der Waals surface area contributed by atoms with Gasteiger partial charge >= 0.3 is 5.76 Å². The summed E-state index contributed by atoms with van der Waals surface area (Å²) in [5.74, 6) is -0.495. The predicted octanol–water partition coefficient (Wildman–Crippen LogP) is 3.31. The van der Waals surface area contributed by atoms with Crippen LogP contribution >= 0.6 is 11.6 Å². The van der Waals surface area contributed by atoms with Crippen molar-refractivity contribution in [1.29, 1.82) is 0 Å². The summed E-state index contributed by atoms with van der Waals surface area (Å²) in [6.45, 7) is 2.67. The molecular weight excluding hydrogens is 416 g/mol. The van der Waals surface area contributed by atoms with E-state index >= 15 is 0 Å². The second-order valence-corrected chi connectivity index (χ2v) is 9.56. The number of nitrogens with zero attached hydrogens (tertiary/aromatic N) is 4. The third kappa shape index (κ3) is 3.51. The Balaban J connectivity index is 1.80. The number of hydrogen-bond acceptors (Lipinski definition) is 5. The lowest BCUT2D eigenvalue weighted by molar-refractivity contribution is 0.321. The van der Waals surface area contributed by atoms with Crippen molar-refractivity contribution in [2.24, 2.45) is 7.05 Å². The Morgan fingerprint density at radius 1 is 1.28 bits per heavy atom. The summed E-state index contributed by atoms with van der Waals surface area (Å²) in [5.41, 5.74) is 1.42. The summed E-state index contributed by atoms with van der Waals surface area (Å²) in [5, 5.41) is 4.88. The van der Waals surface area contributed by atoms with Gasteiger partial charge in [0.05, 0.1) is 27.2 Å². The average molecular weight is 439 g/mol. The van der Waals surface area contributed by atoms with E-state index in [1.54, 1.807) is 24.0 Å². The molecule has 4 rings (SSSR count). The first-order valence-electron chi connectivity index (χ1n) is 9.67. The van der Waals surface area contributed by atoms with Crippen LogP contribution < -0.4 is 5.76 Å². The van der Waals surface area contributed by atoms with Gasteiger partial charge in [-0.05, 0) is 31.9 Å². The largest absolute Gasteiger partial charge is 0.419 e. The lowest BCUT2D eigenvalue weighted by atomic mass is 10.1. The zero-order valence-electron chi connectivity index (χ0n) is 16.3. The fourth-order valence-electron chi connectivity index (χ4n) is 3.99. The maximum absolute atomic E-state index is 13.6. The number of oxazole rings is 1. The quantitative estimate of drug-likeness (QED) is 0.623. The SMILES string of the molecule is CCn1c(=O)oc2cc(S(=O)(=O)N3CCCCC[C@H]3c3nn(C)cc3Cl)ccc21. The van der Waals surface area contributed by atoms with Crippen molar-refractivity contribution in [3.63, 3.8) is 0 Å². The zero-order chi connectivity index (χ0) is 20.8. The normalized spacial score (nSPS) is 18.9. The first-order valence-corrected chi connectivity index (χ1v) is 11.5. The van der Waals surface area contributed by atoms with Gasteiger partial charge in [0.25, 0.3) is 0 Å². The Bertz CT molecular complexity index is 1210. The van der Waals surface area contributed by atoms with Gasteiger partial charge in [-0.1, -0.05) is 24.4 Å². The van der Waals surface area contributed by atoms with Crippen LogP contribution in [0.1, 0.15) is 44.3 Å². The smallest absolute Gasteiger partial charge is 0.408 e. The van der Waals surface area contributed by atoms with Crippen LogP contribution in [0.25, 0.3) is 11.1 Å². The number of sulfonamides is 1. The average Bonchev–Trinajstić information content (AvgIpc) is 3.05. The van der Waals surface area contributed by atoms with Crippen molar-refractivity contribution >= 4 is 32.7 Å². The van der Waals surface area contributed by atoms with Crippen molar-refractivity contribution in [3.8, 4) is 0 Å². The number of aromatic nitrogens is 3. The van der Waals surface area contributed by atoms with E-state index in [2.05, 4.69) is 5.10 Å². The molecule has 1 aromatic carbocycles. The number of hydrogen-bond donors (Lipinski definition) is 0. The number of benzene rings is 1. The van der Waals surface area contributed by atoms with Crippen LogP contribution in [0.3, 0.4) is 0 Å². The highest BCUT2D eigenvalue weighted by atomic mass is 35.5. The van der Waals surface area contributed by atoms with Crippen molar-refractivity contribution in [3.05, 3.63) is 45.7 Å². The minimum Gasteiger partial charge on any atom is -0.408 e. The zero-order valence-corrected chi connectivity index (χ0v) is 17.9. The van der Waals surface area contributed by atoms with Gasteiger partial charge in [-0.3, -0.25) is 9.25 Å². The summed E-state index contributed by atoms with van der Waals surface area (Å²) in [6.07, 6.45) is 4.95. The molecule has 0 saturated carbocycles. The van der Waals surface area contributed by atoms with Crippen LogP contribution in [0.5, 0.6) is 0 Å². The molecule has 0 aliphatic carbocycles. The molecule has 0 unspecified atom stereocenters. The second kappa shape index (κ2) is 7.62. The third-order valence-electron chi connectivity index (χ3n) is 5.39. The summed E-state index contributed by atoms with van der Waals surface area (Å²) in [6, 6.07) is 4.15. The predicted molar refractivity (Wildman–Crippen MR) is 109 cm³/mol. The second-order valence-electron chi connectivity index (χ2n) is 7.26. The van der Waals surface area contributed by atoms with Gasteiger partial charge in [0.1, 0.15) is 0 Å². The van der Waals surface area contributed by atoms with E-state index in [4.69, 9.17) is 16.0 Å². The van der Waals surface area contributed by atoms with Crippen molar-refractivity contribution < 1.29 is 12.8 Å². The summed E-state index contributed by atoms with van der Waals surface area (Å²) in [4.78, 5) is 12.1. The van der Waals surface area contributed by atoms with Crippen LogP contribution in [0.2, 0.25) is 5.02 Å². The monoisotopic (exact) mass is 438 g/mol. The van der Waals surface area contributed by atoms with Crippen LogP contribution in [0.15, 0.2) is 38.5 Å². The highest BCUT2D eigenvalue weighted by Gasteiger charge is 2.36. The summed E-state index contributed by atoms with van der Waals surface area (Å²) in [7, 11) is -2.07. The van der Waals surface area contributed by atoms with Crippen LogP contribution in [-0.2, 0) is 23.6 Å². The molecule has 3 heterocycles. The minimum absolute atomic E-state index is 0.0981. The van der Waals surface area contributed by atoms with Gasteiger partial charge in [-0.2, -0.15) is 9.40 Å². The van der Waals surface area contributed by atoms with E-state index in [1.165, 1.54) is 21.0 Å². The van der Waals surface area contributed by atoms with E-state index < -0.39 is 21.8 Å². The highest BCUT2D eigenvalue weighted by Crippen LogP contribution is 2.37. The molecule has 1 aliphatic rings. The molecule has 1 aliphatic heterocycles. The van der Waals surface area contributed by atoms with Gasteiger partial charge < -0.3 is 4.42 Å². The molecule has 0 spiro atoms. The summed E-state index contributed by atoms with van der Waals surface area (Å²) >= 11 is 6.35. The molecular formula is C19H23ClN4O4S. The molecule has 156 valence electrons. The molecule has 0 N–H and O–H groups in total. The number of fused-ring (bicyclic) bond motifs is 1. The van der Waals surface area contributed by atoms with Gasteiger partial charge in [0.2, 0.25) is 10.0 Å². The minimum atomic E-state index is -3.84. The number of halogens is 1. The Morgan fingerprint density at radius 2 is 2.07 bits per heavy atom. The molecule has 0 radical (unpaired) electrons. The Hall–Kier alpha value is -2.10. The third-order valence-corrected chi connectivity index (χ3v) is 7.59. The van der Waals surface area contributed by atoms with E-state index in [1.807, 2.05) is 6.92 Å². The van der Waals surface area contributed by atoms with Crippen molar-refractivity contribution in [1.82, 2.24) is 18.7 Å². The lowest BCUT2D eigenvalue weighted by Gasteiger charge is -2.28. The Kier molecular flexibility index (Phi) is 5.30. The molecule has 2 aromatic heterocycles. The molecule has 0 amide bonds. The standard InChI is InChI=1S/C19H23ClN4O4S/c1-3-23-15-9-8-13(11-17(15)28-19(23)25)29(26,27)24-10-6-4-5-7-16(24)18-14(20)12-22(2)21-18/h8-9,11-12,16H,3-7,10H2,1-2H3/t16-/m0/s1. The molecule has 1 fully saturated rings. The van der Waals surface area contributed by atoms with Gasteiger partial charge in [-0.25, -0.2) is 13.2 Å². The van der Waals surface area contributed by atoms with Crippen molar-refractivity contribution in [2.45, 2.75) is 50.1 Å². The van der Waals surface area contributed by atoms with Crippen LogP contribution in [0.4, 0.5) is 0 Å². The molecule has 0 bridgehead atoms. The molecule has 10 heteroatoms. The lowest BCUT2D eigenvalue weighted by Crippen LogP contribution is -2.35. The van der Waals surface area contributed by atoms with E-state index in [-0.39, 0.29) is 10.5 Å². The fourth-order valence-corrected chi connectivity index (χ4v) is 5.97. The molecule has 1 atom stereocenters. The highest BCUT2D eigenvalue weighted by molar-refractivity contribution is 7.89. The summed E-state index contributed by atoms with van der Waals surface area (Å²) < 4.78 is 37.0. The maximum atomic E-state index is 13.6. The first-order chi connectivity index (χ1) is 13.8. The number of aryl methyl sites for hydroxylation is 2. The first kappa shape index (κ1) is 20.2. The molecule has 8 nitrogen and oxygen atoms in total. The Labute approximate surface area is 173 Å². The Morgan fingerprint density at radius 3 is 2.76 bits per heavy atom. The topological polar surface area (TPSA) is 90.3 Å². The van der Waals surface area contributed by atoms with Crippen LogP contribution in [0, 0.1) is 0 Å². The van der Waals surface area contributed by atoms with Gasteiger partial charge in [0, 0.05) is 32.4 Å². The van der Waals surface area contributed by atoms with E-state index in [9.17, 15) is 13.2 Å². The van der Waals surface area contributed by atoms with E-state index in [0.29, 0.717) is 35.7 Å². The molecule has 29 heavy (non-hydrogen) atoms. The molecule has 1 saturated heterocycles. The maximum Gasteiger partial charge on any atom is 0.419 e.